The maximum absolute atomic E-state index is 13.8. The van der Waals surface area contributed by atoms with Crippen LogP contribution >= 0.6 is 23.2 Å². The molecular formula is C29H27Cl2F5N6O2. The zero-order chi connectivity index (χ0) is 31.8. The second kappa shape index (κ2) is 12.4. The van der Waals surface area contributed by atoms with E-state index in [9.17, 15) is 31.5 Å². The van der Waals surface area contributed by atoms with Gasteiger partial charge >= 0.3 is 6.18 Å². The zero-order valence-corrected chi connectivity index (χ0v) is 24.6. The Hall–Kier alpha value is -3.71. The summed E-state index contributed by atoms with van der Waals surface area (Å²) >= 11 is 12.5. The van der Waals surface area contributed by atoms with Crippen LogP contribution in [0.25, 0.3) is 11.3 Å². The van der Waals surface area contributed by atoms with Crippen LogP contribution in [0, 0.1) is 0 Å². The van der Waals surface area contributed by atoms with Crippen molar-refractivity contribution in [3.63, 3.8) is 0 Å². The Morgan fingerprint density at radius 3 is 2.34 bits per heavy atom. The molecule has 0 radical (unpaired) electrons. The third-order valence-corrected chi connectivity index (χ3v) is 8.14. The number of halogens is 7. The van der Waals surface area contributed by atoms with Gasteiger partial charge < -0.3 is 20.9 Å². The van der Waals surface area contributed by atoms with Crippen molar-refractivity contribution in [2.24, 2.45) is 0 Å². The van der Waals surface area contributed by atoms with Gasteiger partial charge in [-0.05, 0) is 55.3 Å². The molecule has 2 fully saturated rings. The van der Waals surface area contributed by atoms with Gasteiger partial charge in [0.25, 0.3) is 17.6 Å². The molecule has 3 N–H and O–H groups in total. The molecule has 0 aliphatic carbocycles. The van der Waals surface area contributed by atoms with E-state index in [0.717, 1.165) is 6.07 Å². The van der Waals surface area contributed by atoms with E-state index in [1.807, 2.05) is 4.90 Å². The summed E-state index contributed by atoms with van der Waals surface area (Å²) in [7, 11) is 0. The van der Waals surface area contributed by atoms with E-state index in [0.29, 0.717) is 53.1 Å². The molecule has 0 bridgehead atoms. The predicted octanol–water partition coefficient (Wildman–Crippen LogP) is 6.73. The van der Waals surface area contributed by atoms with Crippen LogP contribution in [0.15, 0.2) is 42.5 Å². The molecule has 2 saturated heterocycles. The number of nitrogens with two attached hydrogens (primary N) is 1. The summed E-state index contributed by atoms with van der Waals surface area (Å²) in [6.45, 7) is 0.629. The zero-order valence-electron chi connectivity index (χ0n) is 23.1. The first-order valence-corrected chi connectivity index (χ1v) is 14.5. The second-order valence-electron chi connectivity index (χ2n) is 10.7. The van der Waals surface area contributed by atoms with Crippen molar-refractivity contribution < 1.29 is 31.5 Å². The van der Waals surface area contributed by atoms with Gasteiger partial charge in [0.05, 0.1) is 21.8 Å². The molecule has 1 amide bonds. The SMILES string of the molecule is Nc1nc(NC2CCCN(c3nc(-c4ccc(Cl)cc4Cl)ccc3C(=O)N3CCC(F)(F)CC3)C2)ccc1C(=O)C(F)(F)F. The second-order valence-corrected chi connectivity index (χ2v) is 11.6. The maximum atomic E-state index is 13.8. The van der Waals surface area contributed by atoms with Crippen LogP contribution in [0.2, 0.25) is 10.0 Å². The average Bonchev–Trinajstić information content (AvgIpc) is 2.96. The molecule has 1 unspecified atom stereocenters. The lowest BCUT2D eigenvalue weighted by Crippen LogP contribution is -2.45. The number of hydrogen-bond donors (Lipinski definition) is 2. The van der Waals surface area contributed by atoms with Crippen LogP contribution in [0.4, 0.5) is 39.4 Å². The third kappa shape index (κ3) is 6.99. The fourth-order valence-corrected chi connectivity index (χ4v) is 5.81. The van der Waals surface area contributed by atoms with Gasteiger partial charge in [0.2, 0.25) is 0 Å². The molecule has 8 nitrogen and oxygen atoms in total. The molecule has 5 rings (SSSR count). The molecule has 44 heavy (non-hydrogen) atoms. The number of Topliss-reactive ketones (excluding diaryl/α,β-unsaturated/α-hetero) is 1. The highest BCUT2D eigenvalue weighted by Crippen LogP contribution is 2.35. The van der Waals surface area contributed by atoms with Crippen LogP contribution in [-0.4, -0.2) is 70.9 Å². The highest BCUT2D eigenvalue weighted by Gasteiger charge is 2.41. The molecule has 234 valence electrons. The van der Waals surface area contributed by atoms with Crippen molar-refractivity contribution in [1.82, 2.24) is 14.9 Å². The molecule has 1 atom stereocenters. The first-order chi connectivity index (χ1) is 20.7. The molecule has 3 aromatic rings. The van der Waals surface area contributed by atoms with Gasteiger partial charge in [-0.2, -0.15) is 13.2 Å². The monoisotopic (exact) mass is 656 g/mol. The number of piperidine rings is 2. The number of amides is 1. The number of carbonyl (C=O) groups is 2. The van der Waals surface area contributed by atoms with E-state index >= 15 is 0 Å². The average molecular weight is 657 g/mol. The minimum absolute atomic E-state index is 0.0971. The smallest absolute Gasteiger partial charge is 0.383 e. The minimum atomic E-state index is -5.09. The maximum Gasteiger partial charge on any atom is 0.455 e. The van der Waals surface area contributed by atoms with E-state index in [4.69, 9.17) is 33.9 Å². The fourth-order valence-electron chi connectivity index (χ4n) is 5.31. The number of hydrogen-bond acceptors (Lipinski definition) is 7. The Bertz CT molecular complexity index is 1580. The van der Waals surface area contributed by atoms with E-state index in [-0.39, 0.29) is 30.5 Å². The highest BCUT2D eigenvalue weighted by molar-refractivity contribution is 6.36. The van der Waals surface area contributed by atoms with Crippen molar-refractivity contribution in [1.29, 1.82) is 0 Å². The number of likely N-dealkylation sites (tertiary alicyclic amines) is 1. The minimum Gasteiger partial charge on any atom is -0.383 e. The molecule has 4 heterocycles. The van der Waals surface area contributed by atoms with Crippen molar-refractivity contribution in [2.75, 3.05) is 42.1 Å². The number of aromatic nitrogens is 2. The molecule has 15 heteroatoms. The number of rotatable bonds is 6. The Morgan fingerprint density at radius 1 is 0.977 bits per heavy atom. The van der Waals surface area contributed by atoms with Gasteiger partial charge in [-0.25, -0.2) is 18.7 Å². The Labute approximate surface area is 259 Å². The number of pyridine rings is 2. The summed E-state index contributed by atoms with van der Waals surface area (Å²) in [5, 5.41) is 3.92. The van der Waals surface area contributed by atoms with Crippen LogP contribution in [0.1, 0.15) is 46.4 Å². The summed E-state index contributed by atoms with van der Waals surface area (Å²) in [5.74, 6) is -5.38. The van der Waals surface area contributed by atoms with E-state index in [2.05, 4.69) is 10.3 Å². The van der Waals surface area contributed by atoms with Gasteiger partial charge in [0.1, 0.15) is 17.5 Å². The molecule has 1 aromatic carbocycles. The number of nitrogen functional groups attached to an aromatic ring is 1. The fraction of sp³-hybridized carbons (Fsp3) is 0.379. The summed E-state index contributed by atoms with van der Waals surface area (Å²) in [4.78, 5) is 37.3. The van der Waals surface area contributed by atoms with Gasteiger partial charge in [-0.1, -0.05) is 23.2 Å². The Morgan fingerprint density at radius 2 is 1.68 bits per heavy atom. The van der Waals surface area contributed by atoms with Gasteiger partial charge in [0, 0.05) is 55.6 Å². The molecule has 2 aromatic heterocycles. The number of benzene rings is 1. The summed E-state index contributed by atoms with van der Waals surface area (Å²) < 4.78 is 66.3. The number of anilines is 3. The van der Waals surface area contributed by atoms with Crippen LogP contribution in [0.5, 0.6) is 0 Å². The summed E-state index contributed by atoms with van der Waals surface area (Å²) in [6.07, 6.45) is -4.65. The molecular weight excluding hydrogens is 630 g/mol. The number of ketones is 1. The number of nitrogens with zero attached hydrogens (tertiary/aromatic N) is 4. The lowest BCUT2D eigenvalue weighted by atomic mass is 10.0. The van der Waals surface area contributed by atoms with Crippen molar-refractivity contribution >= 4 is 52.3 Å². The van der Waals surface area contributed by atoms with Gasteiger partial charge in [-0.15, -0.1) is 0 Å². The van der Waals surface area contributed by atoms with Crippen molar-refractivity contribution in [2.45, 2.75) is 43.8 Å². The van der Waals surface area contributed by atoms with E-state index in [1.165, 1.54) is 11.0 Å². The van der Waals surface area contributed by atoms with Crippen LogP contribution < -0.4 is 16.0 Å². The third-order valence-electron chi connectivity index (χ3n) is 7.59. The van der Waals surface area contributed by atoms with E-state index in [1.54, 1.807) is 30.3 Å². The Kier molecular flexibility index (Phi) is 8.90. The summed E-state index contributed by atoms with van der Waals surface area (Å²) in [6, 6.07) is 10.1. The molecule has 2 aliphatic heterocycles. The number of carbonyl (C=O) groups excluding carboxylic acids is 2. The summed E-state index contributed by atoms with van der Waals surface area (Å²) in [5.41, 5.74) is 6.22. The lowest BCUT2D eigenvalue weighted by Gasteiger charge is -2.36. The topological polar surface area (TPSA) is 104 Å². The number of alkyl halides is 5. The quantitative estimate of drug-likeness (QED) is 0.224. The van der Waals surface area contributed by atoms with E-state index < -0.39 is 48.0 Å². The normalized spacial score (nSPS) is 18.7. The Balaban J connectivity index is 1.43. The predicted molar refractivity (Wildman–Crippen MR) is 158 cm³/mol. The van der Waals surface area contributed by atoms with Crippen molar-refractivity contribution in [3.05, 3.63) is 63.6 Å². The molecule has 2 aliphatic rings. The molecule has 0 saturated carbocycles. The first-order valence-electron chi connectivity index (χ1n) is 13.7. The highest BCUT2D eigenvalue weighted by atomic mass is 35.5. The largest absolute Gasteiger partial charge is 0.455 e. The standard InChI is InChI=1S/C29H27Cl2F5N6O2/c30-16-3-4-18(21(31)14-16)22-7-5-20(27(44)41-12-9-28(32,33)10-13-41)26(39-22)42-11-1-2-17(15-42)38-23-8-6-19(25(37)40-23)24(43)29(34,35)36/h3-8,14,17H,1-2,9-13,15H2,(H3,37,38,40). The van der Waals surface area contributed by atoms with Gasteiger partial charge in [0.15, 0.2) is 0 Å². The lowest BCUT2D eigenvalue weighted by molar-refractivity contribution is -0.0884. The van der Waals surface area contributed by atoms with Crippen molar-refractivity contribution in [3.8, 4) is 11.3 Å². The number of nitrogens with one attached hydrogen (secondary N) is 1. The van der Waals surface area contributed by atoms with Gasteiger partial charge in [-0.3, -0.25) is 9.59 Å². The molecule has 0 spiro atoms. The van der Waals surface area contributed by atoms with Crippen LogP contribution in [0.3, 0.4) is 0 Å². The van der Waals surface area contributed by atoms with Crippen LogP contribution in [-0.2, 0) is 0 Å². The first kappa shape index (κ1) is 31.7.